The standard InChI is InChI=1S/C19H13F2N5O3.C19H15F2N5O3.C18H9F4N5O3.2C18H13F2N5O/c20-9-2-1-3-10(21)16(9)19(27)25-13-8-22-26-17(13)18-23-11-6-14-15(7-12(11)24-18)29-5-4-28-14;1-28-14-6-11-12(7-15(14)29-2)24-18(23-11)17-13(8-22-26-17)25-19(27)16-9(20)4-3-5-10(16)21;19-7-2-1-3-8(20)14(7)17(28)26-11-6-23-27-15(11)16-24-9-4-12-13(5-10(9)25-16)30-18(21,22)29-12;1-9-4-2-7-12-15(9)24-17(22-12)16-13(8-21-25-16)23-18(26)14-10(19)5-3-6-11(14)20;1-9-5-6-12-13(7-9)23-17(22-12)16-14(8-21-25-16)24-18(26)15-10(19)3-2-4-11(15)20/h1-3,6-8H,4-5H2,(H,22,26)(H,23,24)(H,25,27);3-8H,1-2H3,(H,22,26)(H,23,24)(H,25,27);1-6H,(H,23,27)(H,24,25)(H,26,28);2-8H,1H3,(H,21,25)(H,22,24)(H,23,26);2-8H,1H3,(H,21,25)(H,22,23)(H,24,26). The fourth-order valence-corrected chi connectivity index (χ4v) is 14.5. The molecule has 0 radical (unpaired) electrons. The van der Waals surface area contributed by atoms with Crippen LogP contribution in [0.15, 0.2) is 195 Å². The Balaban J connectivity index is 0.000000116. The summed E-state index contributed by atoms with van der Waals surface area (Å²) in [6.45, 7) is 4.82. The predicted molar refractivity (Wildman–Crippen MR) is 480 cm³/mol. The molecule has 2 aliphatic rings. The van der Waals surface area contributed by atoms with Crippen LogP contribution in [-0.2, 0) is 0 Å². The van der Waals surface area contributed by atoms with Crippen molar-refractivity contribution in [2.75, 3.05) is 54.0 Å². The summed E-state index contributed by atoms with van der Waals surface area (Å²) in [4.78, 5) is 99.2. The number of para-hydroxylation sites is 1. The molecule has 0 spiro atoms. The van der Waals surface area contributed by atoms with Gasteiger partial charge in [0.2, 0.25) is 0 Å². The summed E-state index contributed by atoms with van der Waals surface area (Å²) >= 11 is 0. The van der Waals surface area contributed by atoms with E-state index in [1.54, 1.807) is 24.3 Å². The van der Waals surface area contributed by atoms with Crippen LogP contribution in [0.5, 0.6) is 34.5 Å². The second-order valence-corrected chi connectivity index (χ2v) is 30.2. The first-order chi connectivity index (χ1) is 67.5. The Hall–Kier alpha value is -19.1. The zero-order valence-corrected chi connectivity index (χ0v) is 71.9. The van der Waals surface area contributed by atoms with Crippen LogP contribution >= 0.6 is 0 Å². The molecule has 140 heavy (non-hydrogen) atoms. The monoisotopic (exact) mass is 1920 g/mol. The lowest BCUT2D eigenvalue weighted by Gasteiger charge is -2.17. The number of carbonyl (C=O) groups is 5. The van der Waals surface area contributed by atoms with Gasteiger partial charge in [-0.15, -0.1) is 8.78 Å². The minimum atomic E-state index is -3.76. The number of H-pyrrole nitrogens is 10. The van der Waals surface area contributed by atoms with Crippen molar-refractivity contribution in [2.24, 2.45) is 0 Å². The van der Waals surface area contributed by atoms with E-state index in [-0.39, 0.29) is 57.0 Å². The molecular weight excluding hydrogens is 1860 g/mol. The summed E-state index contributed by atoms with van der Waals surface area (Å²) in [5.41, 5.74) is 7.74. The van der Waals surface area contributed by atoms with E-state index in [2.05, 4.69) is 137 Å². The number of aromatic amines is 10. The highest BCUT2D eigenvalue weighted by Gasteiger charge is 2.44. The van der Waals surface area contributed by atoms with Gasteiger partial charge in [0.25, 0.3) is 29.5 Å². The summed E-state index contributed by atoms with van der Waals surface area (Å²) < 4.78 is 195. The van der Waals surface area contributed by atoms with Gasteiger partial charge in [0.05, 0.1) is 129 Å². The number of rotatable bonds is 17. The summed E-state index contributed by atoms with van der Waals surface area (Å²) in [6, 6.07) is 36.9. The molecule has 0 saturated carbocycles. The van der Waals surface area contributed by atoms with Crippen LogP contribution in [-0.4, -0.2) is 164 Å². The van der Waals surface area contributed by atoms with E-state index < -0.39 is 122 Å². The van der Waals surface area contributed by atoms with Crippen LogP contribution < -0.4 is 55.0 Å². The number of aryl methyl sites for hydroxylation is 2. The number of halogens is 12. The average molecular weight is 1920 g/mol. The number of fused-ring (bicyclic) bond motifs is 7. The van der Waals surface area contributed by atoms with Crippen LogP contribution in [0.4, 0.5) is 81.1 Å². The van der Waals surface area contributed by atoms with Crippen LogP contribution in [0.3, 0.4) is 0 Å². The van der Waals surface area contributed by atoms with Gasteiger partial charge in [-0.25, -0.2) is 68.8 Å². The van der Waals surface area contributed by atoms with E-state index in [4.69, 9.17) is 18.9 Å². The molecule has 20 aromatic rings. The molecule has 12 heterocycles. The molecule has 0 atom stereocenters. The van der Waals surface area contributed by atoms with Crippen LogP contribution in [0.25, 0.3) is 113 Å². The maximum atomic E-state index is 13.9. The molecular formula is C92H63F12N25O11. The van der Waals surface area contributed by atoms with Crippen molar-refractivity contribution in [3.05, 3.63) is 292 Å². The normalized spacial score (nSPS) is 12.1. The lowest BCUT2D eigenvalue weighted by atomic mass is 10.2. The summed E-state index contributed by atoms with van der Waals surface area (Å²) in [5, 5.41) is 45.2. The van der Waals surface area contributed by atoms with Gasteiger partial charge in [-0.05, 0) is 104 Å². The van der Waals surface area contributed by atoms with E-state index in [1.165, 1.54) is 81.6 Å². The van der Waals surface area contributed by atoms with E-state index in [0.29, 0.717) is 110 Å². The zero-order chi connectivity index (χ0) is 98.1. The van der Waals surface area contributed by atoms with Gasteiger partial charge in [0, 0.05) is 36.4 Å². The van der Waals surface area contributed by atoms with Gasteiger partial charge in [-0.1, -0.05) is 48.5 Å². The molecule has 706 valence electrons. The van der Waals surface area contributed by atoms with Crippen molar-refractivity contribution in [3.8, 4) is 92.1 Å². The van der Waals surface area contributed by atoms with Crippen molar-refractivity contribution in [2.45, 2.75) is 20.1 Å². The molecule has 36 nitrogen and oxygen atoms in total. The van der Waals surface area contributed by atoms with Crippen molar-refractivity contribution in [1.82, 2.24) is 101 Å². The molecule has 2 aliphatic heterocycles. The van der Waals surface area contributed by atoms with E-state index in [0.717, 1.165) is 99.9 Å². The number of amides is 5. The van der Waals surface area contributed by atoms with Crippen LogP contribution in [0.1, 0.15) is 62.9 Å². The Morgan fingerprint density at radius 1 is 0.321 bits per heavy atom. The number of aromatic nitrogens is 20. The number of nitrogens with one attached hydrogen (secondary N) is 15. The topological polar surface area (TPSA) is 488 Å². The maximum absolute atomic E-state index is 13.9. The SMILES string of the molecule is COc1cc2nc(-c3[nH]ncc3NC(=O)c3c(F)cccc3F)[nH]c2cc1OC.Cc1ccc2nc(-c3[nH]ncc3NC(=O)c3c(F)cccc3F)[nH]c2c1.Cc1cccc2[nH]c(-c3[nH]ncc3NC(=O)c3c(F)cccc3F)nc12.O=C(Nc1cn[nH]c1-c1nc2cc3c(cc2[nH]1)OC(F)(F)O3)c1c(F)cccc1F.O=C(Nc1cn[nH]c1-c1nc2cc3c(cc2[nH]1)OCCO3)c1c(F)cccc1F. The molecule has 5 amide bonds. The van der Waals surface area contributed by atoms with Gasteiger partial charge in [-0.3, -0.25) is 49.5 Å². The highest BCUT2D eigenvalue weighted by Crippen LogP contribution is 2.45. The lowest BCUT2D eigenvalue weighted by molar-refractivity contribution is -0.286. The Bertz CT molecular complexity index is 7840. The third-order valence-corrected chi connectivity index (χ3v) is 21.1. The van der Waals surface area contributed by atoms with Crippen molar-refractivity contribution < 1.29 is 105 Å². The van der Waals surface area contributed by atoms with Crippen molar-refractivity contribution in [1.29, 1.82) is 0 Å². The van der Waals surface area contributed by atoms with Crippen molar-refractivity contribution in [3.63, 3.8) is 0 Å². The Kier molecular flexibility index (Phi) is 24.9. The third kappa shape index (κ3) is 18.8. The number of benzene rings is 10. The molecule has 48 heteroatoms. The fraction of sp³-hybridized carbons (Fsp3) is 0.0761. The lowest BCUT2D eigenvalue weighted by Crippen LogP contribution is -2.25. The first kappa shape index (κ1) is 91.4. The fourth-order valence-electron chi connectivity index (χ4n) is 14.5. The Morgan fingerprint density at radius 2 is 0.600 bits per heavy atom. The molecule has 10 aromatic carbocycles. The van der Waals surface area contributed by atoms with Gasteiger partial charge in [0.15, 0.2) is 63.6 Å². The molecule has 0 bridgehead atoms. The van der Waals surface area contributed by atoms with Gasteiger partial charge in [0.1, 0.15) is 128 Å². The molecule has 0 aliphatic carbocycles. The van der Waals surface area contributed by atoms with E-state index in [1.807, 2.05) is 50.2 Å². The number of imidazole rings is 5. The molecule has 10 aromatic heterocycles. The number of carbonyl (C=O) groups excluding carboxylic acids is 5. The molecule has 0 unspecified atom stereocenters. The Labute approximate surface area is 773 Å². The summed E-state index contributed by atoms with van der Waals surface area (Å²) in [7, 11) is 3.03. The minimum Gasteiger partial charge on any atom is -0.493 e. The molecule has 15 N–H and O–H groups in total. The number of hydrogen-bond acceptors (Lipinski definition) is 21. The summed E-state index contributed by atoms with van der Waals surface area (Å²) in [6.07, 6.45) is 2.83. The van der Waals surface area contributed by atoms with Crippen LogP contribution in [0.2, 0.25) is 0 Å². The molecule has 22 rings (SSSR count). The second kappa shape index (κ2) is 38.1. The molecule has 0 fully saturated rings. The second-order valence-electron chi connectivity index (χ2n) is 30.2. The third-order valence-electron chi connectivity index (χ3n) is 21.1. The van der Waals surface area contributed by atoms with Gasteiger partial charge < -0.3 is 79.9 Å². The van der Waals surface area contributed by atoms with Crippen molar-refractivity contribution >= 4 is 113 Å². The minimum absolute atomic E-state index is 0.0910. The maximum Gasteiger partial charge on any atom is 0.586 e. The van der Waals surface area contributed by atoms with Crippen LogP contribution in [0, 0.1) is 72.0 Å². The predicted octanol–water partition coefficient (Wildman–Crippen LogP) is 18.1. The van der Waals surface area contributed by atoms with Gasteiger partial charge in [-0.2, -0.15) is 25.5 Å². The number of anilines is 5. The van der Waals surface area contributed by atoms with E-state index in [9.17, 15) is 76.7 Å². The number of alkyl halides is 2. The number of nitrogens with zero attached hydrogens (tertiary/aromatic N) is 10. The van der Waals surface area contributed by atoms with E-state index >= 15 is 0 Å². The number of methoxy groups -OCH3 is 2. The Morgan fingerprint density at radius 3 is 0.950 bits per heavy atom. The first-order valence-corrected chi connectivity index (χ1v) is 41.1. The quantitative estimate of drug-likeness (QED) is 0.0376. The number of ether oxygens (including phenoxy) is 6. The smallest absolute Gasteiger partial charge is 0.493 e. The molecule has 0 saturated heterocycles. The average Bonchev–Trinajstić information content (AvgIpc) is 1.64. The summed E-state index contributed by atoms with van der Waals surface area (Å²) in [5.74, 6) is -10.7. The zero-order valence-electron chi connectivity index (χ0n) is 71.9. The first-order valence-electron chi connectivity index (χ1n) is 41.1. The largest absolute Gasteiger partial charge is 0.586 e. The number of hydrogen-bond donors (Lipinski definition) is 15. The highest BCUT2D eigenvalue weighted by molar-refractivity contribution is 6.10. The highest BCUT2D eigenvalue weighted by atomic mass is 19.3. The van der Waals surface area contributed by atoms with Gasteiger partial charge >= 0.3 is 6.29 Å².